The second-order valence-corrected chi connectivity index (χ2v) is 5.44. The van der Waals surface area contributed by atoms with Crippen molar-refractivity contribution >= 4 is 29.0 Å². The number of nitrogens with one attached hydrogen (secondary N) is 2. The maximum Gasteiger partial charge on any atom is 0.318 e. The number of thiophene rings is 1. The number of nitrogens with zero attached hydrogens (tertiary/aromatic N) is 1. The largest absolute Gasteiger partial charge is 0.329 e. The highest BCUT2D eigenvalue weighted by Gasteiger charge is 2.29. The van der Waals surface area contributed by atoms with Crippen molar-refractivity contribution in [3.8, 4) is 0 Å². The molecule has 0 saturated carbocycles. The molecular formula is C10H14ClN3OS. The van der Waals surface area contributed by atoms with Crippen molar-refractivity contribution in [2.45, 2.75) is 6.04 Å². The fourth-order valence-corrected chi connectivity index (χ4v) is 2.81. The molecule has 2 amide bonds. The van der Waals surface area contributed by atoms with Crippen LogP contribution in [0.5, 0.6) is 0 Å². The summed E-state index contributed by atoms with van der Waals surface area (Å²) in [7, 11) is 1.88. The van der Waals surface area contributed by atoms with E-state index in [4.69, 9.17) is 11.6 Å². The van der Waals surface area contributed by atoms with E-state index in [0.717, 1.165) is 28.8 Å². The summed E-state index contributed by atoms with van der Waals surface area (Å²) in [5.41, 5.74) is 0. The highest BCUT2D eigenvalue weighted by molar-refractivity contribution is 7.16. The lowest BCUT2D eigenvalue weighted by Gasteiger charge is -2.13. The maximum absolute atomic E-state index is 11.6. The number of halogens is 1. The summed E-state index contributed by atoms with van der Waals surface area (Å²) >= 11 is 7.40. The Morgan fingerprint density at radius 1 is 1.69 bits per heavy atom. The minimum absolute atomic E-state index is 0.00442. The molecule has 1 aliphatic heterocycles. The lowest BCUT2D eigenvalue weighted by molar-refractivity contribution is 0.218. The van der Waals surface area contributed by atoms with E-state index >= 15 is 0 Å². The molecule has 1 atom stereocenters. The zero-order chi connectivity index (χ0) is 11.5. The predicted molar refractivity (Wildman–Crippen MR) is 66.1 cm³/mol. The third-order valence-corrected chi connectivity index (χ3v) is 3.90. The van der Waals surface area contributed by atoms with Crippen molar-refractivity contribution < 1.29 is 4.79 Å². The molecule has 0 radical (unpaired) electrons. The average molecular weight is 260 g/mol. The molecule has 1 aliphatic rings. The number of urea groups is 1. The van der Waals surface area contributed by atoms with Crippen molar-refractivity contribution in [3.63, 3.8) is 0 Å². The van der Waals surface area contributed by atoms with Gasteiger partial charge < -0.3 is 15.5 Å². The van der Waals surface area contributed by atoms with Gasteiger partial charge >= 0.3 is 6.03 Å². The normalized spacial score (nSPS) is 20.2. The van der Waals surface area contributed by atoms with Gasteiger partial charge in [0.05, 0.1) is 10.4 Å². The molecule has 6 heteroatoms. The van der Waals surface area contributed by atoms with Crippen LogP contribution < -0.4 is 10.6 Å². The van der Waals surface area contributed by atoms with Crippen molar-refractivity contribution in [2.24, 2.45) is 0 Å². The average Bonchev–Trinajstić information content (AvgIpc) is 2.82. The molecule has 1 aromatic heterocycles. The van der Waals surface area contributed by atoms with E-state index in [1.54, 1.807) is 0 Å². The van der Waals surface area contributed by atoms with Crippen LogP contribution in [0, 0.1) is 0 Å². The van der Waals surface area contributed by atoms with Gasteiger partial charge in [0.25, 0.3) is 0 Å². The first-order valence-electron chi connectivity index (χ1n) is 5.16. The van der Waals surface area contributed by atoms with Crippen molar-refractivity contribution in [1.82, 2.24) is 15.5 Å². The van der Waals surface area contributed by atoms with Crippen LogP contribution in [0.4, 0.5) is 4.79 Å². The Balaban J connectivity index is 1.98. The molecule has 2 heterocycles. The molecule has 1 aromatic rings. The summed E-state index contributed by atoms with van der Waals surface area (Å²) in [6, 6.07) is 3.93. The summed E-state index contributed by atoms with van der Waals surface area (Å²) in [5.74, 6) is 0. The number of hydrogen-bond donors (Lipinski definition) is 2. The molecule has 16 heavy (non-hydrogen) atoms. The smallest absolute Gasteiger partial charge is 0.318 e. The van der Waals surface area contributed by atoms with Crippen LogP contribution in [0.25, 0.3) is 0 Å². The molecule has 1 fully saturated rings. The Morgan fingerprint density at radius 2 is 2.50 bits per heavy atom. The lowest BCUT2D eigenvalue weighted by Crippen LogP contribution is -2.33. The SMILES string of the molecule is CNCCN1CC(c2ccc(Cl)s2)NC1=O. The number of carbonyl (C=O) groups excluding carboxylic acids is 1. The van der Waals surface area contributed by atoms with Crippen LogP contribution in [-0.2, 0) is 0 Å². The van der Waals surface area contributed by atoms with E-state index in [0.29, 0.717) is 0 Å². The topological polar surface area (TPSA) is 44.4 Å². The Hall–Kier alpha value is -0.780. The number of hydrogen-bond acceptors (Lipinski definition) is 3. The Bertz CT molecular complexity index is 382. The molecule has 0 aromatic carbocycles. The first kappa shape index (κ1) is 11.7. The lowest BCUT2D eigenvalue weighted by atomic mass is 10.2. The van der Waals surface area contributed by atoms with Gasteiger partial charge in [-0.2, -0.15) is 0 Å². The zero-order valence-electron chi connectivity index (χ0n) is 9.00. The van der Waals surface area contributed by atoms with Crippen LogP contribution >= 0.6 is 22.9 Å². The molecule has 0 aliphatic carbocycles. The molecule has 4 nitrogen and oxygen atoms in total. The molecule has 88 valence electrons. The monoisotopic (exact) mass is 259 g/mol. The highest BCUT2D eigenvalue weighted by Crippen LogP contribution is 2.29. The summed E-state index contributed by atoms with van der Waals surface area (Å²) in [4.78, 5) is 14.6. The Kier molecular flexibility index (Phi) is 3.68. The third kappa shape index (κ3) is 2.48. The molecule has 1 unspecified atom stereocenters. The second-order valence-electron chi connectivity index (χ2n) is 3.69. The number of likely N-dealkylation sites (N-methyl/N-ethyl adjacent to an activating group) is 1. The maximum atomic E-state index is 11.6. The van der Waals surface area contributed by atoms with Gasteiger partial charge in [-0.3, -0.25) is 0 Å². The van der Waals surface area contributed by atoms with Gasteiger partial charge in [-0.25, -0.2) is 4.79 Å². The zero-order valence-corrected chi connectivity index (χ0v) is 10.6. The quantitative estimate of drug-likeness (QED) is 0.864. The van der Waals surface area contributed by atoms with E-state index in [2.05, 4.69) is 10.6 Å². The minimum atomic E-state index is 0.00442. The van der Waals surface area contributed by atoms with E-state index in [-0.39, 0.29) is 12.1 Å². The molecular weight excluding hydrogens is 246 g/mol. The summed E-state index contributed by atoms with van der Waals surface area (Å²) < 4.78 is 0.762. The molecule has 2 N–H and O–H groups in total. The molecule has 0 spiro atoms. The van der Waals surface area contributed by atoms with Crippen LogP contribution in [0.15, 0.2) is 12.1 Å². The van der Waals surface area contributed by atoms with Gasteiger partial charge in [0.2, 0.25) is 0 Å². The van der Waals surface area contributed by atoms with Crippen molar-refractivity contribution in [1.29, 1.82) is 0 Å². The number of rotatable bonds is 4. The fourth-order valence-electron chi connectivity index (χ4n) is 1.71. The first-order chi connectivity index (χ1) is 7.70. The van der Waals surface area contributed by atoms with E-state index in [1.165, 1.54) is 11.3 Å². The fraction of sp³-hybridized carbons (Fsp3) is 0.500. The summed E-state index contributed by atoms with van der Waals surface area (Å²) in [6.45, 7) is 2.26. The predicted octanol–water partition coefficient (Wildman–Crippen LogP) is 1.69. The van der Waals surface area contributed by atoms with Crippen molar-refractivity contribution in [3.05, 3.63) is 21.3 Å². The van der Waals surface area contributed by atoms with Crippen molar-refractivity contribution in [2.75, 3.05) is 26.7 Å². The standard InChI is InChI=1S/C10H14ClN3OS/c1-12-4-5-14-6-7(13-10(14)15)8-2-3-9(11)16-8/h2-3,7,12H,4-6H2,1H3,(H,13,15). The van der Waals surface area contributed by atoms with Crippen LogP contribution in [0.1, 0.15) is 10.9 Å². The van der Waals surface area contributed by atoms with Gasteiger partial charge in [-0.1, -0.05) is 11.6 Å². The number of amides is 2. The van der Waals surface area contributed by atoms with Gasteiger partial charge in [0.15, 0.2) is 0 Å². The Morgan fingerprint density at radius 3 is 3.12 bits per heavy atom. The van der Waals surface area contributed by atoms with E-state index < -0.39 is 0 Å². The molecule has 1 saturated heterocycles. The minimum Gasteiger partial charge on any atom is -0.329 e. The van der Waals surface area contributed by atoms with Gasteiger partial charge in [-0.05, 0) is 19.2 Å². The molecule has 0 bridgehead atoms. The number of carbonyl (C=O) groups is 1. The summed E-state index contributed by atoms with van der Waals surface area (Å²) in [5, 5.41) is 5.99. The first-order valence-corrected chi connectivity index (χ1v) is 6.35. The van der Waals surface area contributed by atoms with E-state index in [1.807, 2.05) is 24.1 Å². The highest BCUT2D eigenvalue weighted by atomic mass is 35.5. The van der Waals surface area contributed by atoms with Gasteiger partial charge in [0, 0.05) is 24.5 Å². The molecule has 2 rings (SSSR count). The third-order valence-electron chi connectivity index (χ3n) is 2.56. The van der Waals surface area contributed by atoms with Crippen LogP contribution in [0.2, 0.25) is 4.34 Å². The van der Waals surface area contributed by atoms with E-state index in [9.17, 15) is 4.79 Å². The van der Waals surface area contributed by atoms with Crippen LogP contribution in [0.3, 0.4) is 0 Å². The van der Waals surface area contributed by atoms with Crippen LogP contribution in [-0.4, -0.2) is 37.6 Å². The Labute approximate surface area is 104 Å². The summed E-state index contributed by atoms with van der Waals surface area (Å²) in [6.07, 6.45) is 0. The van der Waals surface area contributed by atoms with Gasteiger partial charge in [-0.15, -0.1) is 11.3 Å². The van der Waals surface area contributed by atoms with Gasteiger partial charge in [0.1, 0.15) is 0 Å². The second kappa shape index (κ2) is 5.03.